The summed E-state index contributed by atoms with van der Waals surface area (Å²) < 4.78 is 10.6. The van der Waals surface area contributed by atoms with E-state index in [1.807, 2.05) is 61.5 Å². The number of hydrogen-bond acceptors (Lipinski definition) is 4. The van der Waals surface area contributed by atoms with Gasteiger partial charge in [-0.2, -0.15) is 5.10 Å². The molecule has 0 fully saturated rings. The SMILES string of the molecule is CCCCOc1ccc(-c2cc3c4nn(Cc5ccc(C)cc5)c(=O)n4ccn3n2)cc1. The Morgan fingerprint density at radius 3 is 2.50 bits per heavy atom. The molecule has 0 aliphatic rings. The first-order valence-electron chi connectivity index (χ1n) is 10.9. The number of aromatic nitrogens is 5. The van der Waals surface area contributed by atoms with Crippen LogP contribution >= 0.6 is 0 Å². The van der Waals surface area contributed by atoms with Gasteiger partial charge in [0.05, 0.1) is 18.8 Å². The molecule has 7 heteroatoms. The van der Waals surface area contributed by atoms with Gasteiger partial charge in [-0.1, -0.05) is 43.2 Å². The number of fused-ring (bicyclic) bond motifs is 3. The highest BCUT2D eigenvalue weighted by Crippen LogP contribution is 2.24. The monoisotopic (exact) mass is 427 g/mol. The number of aryl methyl sites for hydroxylation is 1. The fourth-order valence-corrected chi connectivity index (χ4v) is 3.70. The van der Waals surface area contributed by atoms with Crippen LogP contribution in [0.1, 0.15) is 30.9 Å². The molecule has 7 nitrogen and oxygen atoms in total. The fourth-order valence-electron chi connectivity index (χ4n) is 3.70. The second kappa shape index (κ2) is 8.34. The number of unbranched alkanes of at least 4 members (excludes halogenated alkanes) is 1. The molecule has 0 aliphatic carbocycles. The van der Waals surface area contributed by atoms with Crippen LogP contribution in [0, 0.1) is 6.92 Å². The van der Waals surface area contributed by atoms with Crippen molar-refractivity contribution < 1.29 is 4.74 Å². The standard InChI is InChI=1S/C25H25N5O2/c1-3-4-15-32-21-11-9-20(10-12-21)22-16-23-24-27-30(17-19-7-5-18(2)6-8-19)25(31)28(24)13-14-29(23)26-22/h5-14,16H,3-4,15,17H2,1-2H3. The van der Waals surface area contributed by atoms with Crippen molar-refractivity contribution in [1.29, 1.82) is 0 Å². The van der Waals surface area contributed by atoms with Gasteiger partial charge in [0, 0.05) is 18.0 Å². The van der Waals surface area contributed by atoms with Crippen LogP contribution in [-0.4, -0.2) is 30.4 Å². The van der Waals surface area contributed by atoms with Crippen molar-refractivity contribution in [3.05, 3.63) is 88.6 Å². The Kier molecular flexibility index (Phi) is 5.23. The van der Waals surface area contributed by atoms with Crippen LogP contribution in [0.3, 0.4) is 0 Å². The molecule has 5 rings (SSSR count). The summed E-state index contributed by atoms with van der Waals surface area (Å²) in [6.45, 7) is 5.34. The number of ether oxygens (including phenoxy) is 1. The zero-order valence-electron chi connectivity index (χ0n) is 18.2. The van der Waals surface area contributed by atoms with E-state index in [9.17, 15) is 4.79 Å². The minimum absolute atomic E-state index is 0.167. The van der Waals surface area contributed by atoms with Crippen molar-refractivity contribution >= 4 is 11.2 Å². The Hall–Kier alpha value is -3.87. The second-order valence-electron chi connectivity index (χ2n) is 8.00. The predicted octanol–water partition coefficient (Wildman–Crippen LogP) is 4.35. The van der Waals surface area contributed by atoms with Crippen LogP contribution in [0.5, 0.6) is 5.75 Å². The first kappa shape index (κ1) is 20.1. The zero-order chi connectivity index (χ0) is 22.1. The molecule has 3 heterocycles. The third-order valence-corrected chi connectivity index (χ3v) is 5.56. The van der Waals surface area contributed by atoms with Crippen molar-refractivity contribution in [1.82, 2.24) is 23.8 Å². The van der Waals surface area contributed by atoms with Gasteiger partial charge in [0.1, 0.15) is 11.3 Å². The van der Waals surface area contributed by atoms with Crippen molar-refractivity contribution in [2.75, 3.05) is 6.61 Å². The van der Waals surface area contributed by atoms with Crippen molar-refractivity contribution in [2.45, 2.75) is 33.2 Å². The Morgan fingerprint density at radius 2 is 1.75 bits per heavy atom. The smallest absolute Gasteiger partial charge is 0.350 e. The summed E-state index contributed by atoms with van der Waals surface area (Å²) in [5, 5.41) is 9.29. The summed E-state index contributed by atoms with van der Waals surface area (Å²) >= 11 is 0. The highest BCUT2D eigenvalue weighted by molar-refractivity contribution is 5.76. The Balaban J connectivity index is 1.48. The highest BCUT2D eigenvalue weighted by atomic mass is 16.5. The van der Waals surface area contributed by atoms with Crippen LogP contribution in [-0.2, 0) is 6.54 Å². The summed E-state index contributed by atoms with van der Waals surface area (Å²) in [4.78, 5) is 12.9. The number of hydrogen-bond donors (Lipinski definition) is 0. The van der Waals surface area contributed by atoms with Crippen molar-refractivity contribution in [2.24, 2.45) is 0 Å². The highest BCUT2D eigenvalue weighted by Gasteiger charge is 2.14. The molecule has 162 valence electrons. The van der Waals surface area contributed by atoms with Crippen LogP contribution in [0.25, 0.3) is 22.4 Å². The zero-order valence-corrected chi connectivity index (χ0v) is 18.2. The summed E-state index contributed by atoms with van der Waals surface area (Å²) in [6, 6.07) is 18.0. The average Bonchev–Trinajstić information content (AvgIpc) is 3.38. The molecule has 0 spiro atoms. The molecule has 32 heavy (non-hydrogen) atoms. The number of benzene rings is 2. The fraction of sp³-hybridized carbons (Fsp3) is 0.240. The molecule has 0 bridgehead atoms. The van der Waals surface area contributed by atoms with Crippen molar-refractivity contribution in [3.63, 3.8) is 0 Å². The summed E-state index contributed by atoms with van der Waals surface area (Å²) in [5.41, 5.74) is 5.22. The Bertz CT molecular complexity index is 1430. The lowest BCUT2D eigenvalue weighted by molar-refractivity contribution is 0.309. The topological polar surface area (TPSA) is 65.8 Å². The Labute approximate surface area is 185 Å². The van der Waals surface area contributed by atoms with Crippen LogP contribution < -0.4 is 10.4 Å². The minimum Gasteiger partial charge on any atom is -0.494 e. The van der Waals surface area contributed by atoms with Gasteiger partial charge in [-0.05, 0) is 49.2 Å². The molecule has 0 atom stereocenters. The van der Waals surface area contributed by atoms with Crippen LogP contribution in [0.15, 0.2) is 71.8 Å². The second-order valence-corrected chi connectivity index (χ2v) is 8.00. The maximum Gasteiger partial charge on any atom is 0.350 e. The first-order valence-corrected chi connectivity index (χ1v) is 10.9. The molecular weight excluding hydrogens is 402 g/mol. The molecule has 0 radical (unpaired) electrons. The van der Waals surface area contributed by atoms with E-state index in [1.54, 1.807) is 21.3 Å². The molecule has 0 amide bonds. The van der Waals surface area contributed by atoms with E-state index < -0.39 is 0 Å². The summed E-state index contributed by atoms with van der Waals surface area (Å²) in [5.74, 6) is 0.856. The molecule has 0 saturated heterocycles. The molecule has 2 aromatic carbocycles. The van der Waals surface area contributed by atoms with Crippen molar-refractivity contribution in [3.8, 4) is 17.0 Å². The maximum absolute atomic E-state index is 12.9. The third-order valence-electron chi connectivity index (χ3n) is 5.56. The molecule has 0 unspecified atom stereocenters. The summed E-state index contributed by atoms with van der Waals surface area (Å²) in [7, 11) is 0. The molecule has 3 aromatic heterocycles. The predicted molar refractivity (Wildman–Crippen MR) is 124 cm³/mol. The van der Waals surface area contributed by atoms with Gasteiger partial charge in [-0.15, -0.1) is 5.10 Å². The van der Waals surface area contributed by atoms with E-state index in [1.165, 1.54) is 10.2 Å². The van der Waals surface area contributed by atoms with E-state index in [4.69, 9.17) is 4.74 Å². The maximum atomic E-state index is 12.9. The third kappa shape index (κ3) is 3.77. The summed E-state index contributed by atoms with van der Waals surface area (Å²) in [6.07, 6.45) is 5.65. The number of nitrogens with zero attached hydrogens (tertiary/aromatic N) is 5. The normalized spacial score (nSPS) is 11.4. The average molecular weight is 428 g/mol. The van der Waals surface area contributed by atoms with Crippen LogP contribution in [0.4, 0.5) is 0 Å². The van der Waals surface area contributed by atoms with E-state index >= 15 is 0 Å². The first-order chi connectivity index (χ1) is 15.6. The molecule has 0 saturated carbocycles. The lowest BCUT2D eigenvalue weighted by Gasteiger charge is -2.05. The minimum atomic E-state index is -0.167. The molecule has 0 aliphatic heterocycles. The molecular formula is C25H25N5O2. The van der Waals surface area contributed by atoms with E-state index in [-0.39, 0.29) is 5.69 Å². The lowest BCUT2D eigenvalue weighted by Crippen LogP contribution is -2.21. The number of rotatable bonds is 7. The van der Waals surface area contributed by atoms with Gasteiger partial charge < -0.3 is 4.74 Å². The van der Waals surface area contributed by atoms with E-state index in [0.717, 1.165) is 47.5 Å². The van der Waals surface area contributed by atoms with Gasteiger partial charge in [0.25, 0.3) is 0 Å². The van der Waals surface area contributed by atoms with Gasteiger partial charge in [-0.25, -0.2) is 18.4 Å². The Morgan fingerprint density at radius 1 is 0.969 bits per heavy atom. The molecule has 5 aromatic rings. The van der Waals surface area contributed by atoms with Gasteiger partial charge in [0.2, 0.25) is 0 Å². The lowest BCUT2D eigenvalue weighted by atomic mass is 10.1. The quantitative estimate of drug-likeness (QED) is 0.362. The van der Waals surface area contributed by atoms with Gasteiger partial charge >= 0.3 is 5.69 Å². The van der Waals surface area contributed by atoms with Gasteiger partial charge in [-0.3, -0.25) is 0 Å². The molecule has 0 N–H and O–H groups in total. The van der Waals surface area contributed by atoms with E-state index in [0.29, 0.717) is 12.2 Å². The van der Waals surface area contributed by atoms with Crippen LogP contribution in [0.2, 0.25) is 0 Å². The van der Waals surface area contributed by atoms with Gasteiger partial charge in [0.15, 0.2) is 5.65 Å². The van der Waals surface area contributed by atoms with E-state index in [2.05, 4.69) is 17.1 Å². The largest absolute Gasteiger partial charge is 0.494 e.